The molecule has 0 aliphatic rings. The van der Waals surface area contributed by atoms with E-state index in [1.165, 1.54) is 4.90 Å². The quantitative estimate of drug-likeness (QED) is 0.518. The van der Waals surface area contributed by atoms with E-state index in [2.05, 4.69) is 5.32 Å². The first-order valence-corrected chi connectivity index (χ1v) is 10.4. The number of amides is 2. The normalized spacial score (nSPS) is 10.7. The summed E-state index contributed by atoms with van der Waals surface area (Å²) in [5, 5.41) is 5.81. The molecule has 0 bridgehead atoms. The van der Waals surface area contributed by atoms with Crippen molar-refractivity contribution >= 4 is 34.1 Å². The van der Waals surface area contributed by atoms with Crippen molar-refractivity contribution in [2.24, 2.45) is 0 Å². The lowest BCUT2D eigenvalue weighted by Gasteiger charge is -2.12. The van der Waals surface area contributed by atoms with E-state index in [9.17, 15) is 9.59 Å². The zero-order valence-electron chi connectivity index (χ0n) is 16.8. The first-order chi connectivity index (χ1) is 14.5. The van der Waals surface area contributed by atoms with Crippen LogP contribution in [0.3, 0.4) is 0 Å². The third-order valence-electron chi connectivity index (χ3n) is 4.79. The molecule has 2 aromatic heterocycles. The Bertz CT molecular complexity index is 1200. The summed E-state index contributed by atoms with van der Waals surface area (Å²) in [7, 11) is 3.44. The molecule has 5 nitrogen and oxygen atoms in total. The van der Waals surface area contributed by atoms with Crippen LogP contribution in [-0.2, 0) is 6.54 Å². The van der Waals surface area contributed by atoms with Crippen LogP contribution in [0.15, 0.2) is 72.1 Å². The van der Waals surface area contributed by atoms with E-state index in [1.54, 1.807) is 37.6 Å². The molecule has 0 aliphatic heterocycles. The predicted molar refractivity (Wildman–Crippen MR) is 121 cm³/mol. The minimum Gasteiger partial charge on any atom is -0.348 e. The van der Waals surface area contributed by atoms with E-state index in [0.717, 1.165) is 27.0 Å². The Labute approximate surface area is 179 Å². The summed E-state index contributed by atoms with van der Waals surface area (Å²) in [5.41, 5.74) is 3.73. The van der Waals surface area contributed by atoms with Crippen LogP contribution in [0.4, 0.5) is 0 Å². The molecule has 1 N–H and O–H groups in total. The highest BCUT2D eigenvalue weighted by molar-refractivity contribution is 7.13. The number of carbonyl (C=O) groups is 2. The Morgan fingerprint density at radius 1 is 1.00 bits per heavy atom. The van der Waals surface area contributed by atoms with Crippen molar-refractivity contribution in [2.45, 2.75) is 6.54 Å². The highest BCUT2D eigenvalue weighted by Crippen LogP contribution is 2.27. The average Bonchev–Trinajstić information content (AvgIpc) is 3.31. The largest absolute Gasteiger partial charge is 0.348 e. The fraction of sp³-hybridized carbons (Fsp3) is 0.125. The molecule has 0 unspecified atom stereocenters. The summed E-state index contributed by atoms with van der Waals surface area (Å²) in [6.07, 6.45) is 0. The summed E-state index contributed by atoms with van der Waals surface area (Å²) in [5.74, 6) is -0.199. The summed E-state index contributed by atoms with van der Waals surface area (Å²) in [6.45, 7) is 0.375. The molecule has 4 aromatic rings. The van der Waals surface area contributed by atoms with Gasteiger partial charge in [0.15, 0.2) is 0 Å². The van der Waals surface area contributed by atoms with Crippen molar-refractivity contribution < 1.29 is 9.59 Å². The van der Waals surface area contributed by atoms with E-state index in [1.807, 2.05) is 60.0 Å². The number of hydrogen-bond acceptors (Lipinski definition) is 4. The highest BCUT2D eigenvalue weighted by atomic mass is 32.1. The monoisotopic (exact) mass is 415 g/mol. The Morgan fingerprint density at radius 2 is 1.77 bits per heavy atom. The number of hydrogen-bond donors (Lipinski definition) is 1. The molecule has 0 spiro atoms. The van der Waals surface area contributed by atoms with Gasteiger partial charge in [-0.15, -0.1) is 11.3 Å². The van der Waals surface area contributed by atoms with Gasteiger partial charge in [0.25, 0.3) is 11.8 Å². The van der Waals surface area contributed by atoms with Crippen molar-refractivity contribution in [3.8, 4) is 10.6 Å². The molecular formula is C24H21N3O2S. The standard InChI is InChI=1S/C24H21N3O2S/c1-27(2)24(29)17-11-9-16(10-12-17)15-25-23(28)19-14-21(22-8-5-13-30-22)26-20-7-4-3-6-18(19)20/h3-14H,15H2,1-2H3,(H,25,28). The SMILES string of the molecule is CN(C)C(=O)c1ccc(CNC(=O)c2cc(-c3cccs3)nc3ccccc23)cc1. The van der Waals surface area contributed by atoms with Crippen molar-refractivity contribution in [2.75, 3.05) is 14.1 Å². The Morgan fingerprint density at radius 3 is 2.47 bits per heavy atom. The van der Waals surface area contributed by atoms with Crippen LogP contribution < -0.4 is 5.32 Å². The zero-order valence-corrected chi connectivity index (χ0v) is 17.6. The average molecular weight is 416 g/mol. The predicted octanol–water partition coefficient (Wildman–Crippen LogP) is 4.60. The van der Waals surface area contributed by atoms with E-state index >= 15 is 0 Å². The summed E-state index contributed by atoms with van der Waals surface area (Å²) in [6, 6.07) is 20.8. The maximum Gasteiger partial charge on any atom is 0.253 e. The second kappa shape index (κ2) is 8.47. The molecule has 0 saturated carbocycles. The van der Waals surface area contributed by atoms with Crippen LogP contribution in [0, 0.1) is 0 Å². The van der Waals surface area contributed by atoms with Gasteiger partial charge in [0.05, 0.1) is 21.7 Å². The number of nitrogens with zero attached hydrogens (tertiary/aromatic N) is 2. The fourth-order valence-corrected chi connectivity index (χ4v) is 3.90. The number of nitrogens with one attached hydrogen (secondary N) is 1. The number of aromatic nitrogens is 1. The molecule has 2 amide bonds. The van der Waals surface area contributed by atoms with Gasteiger partial charge in [-0.3, -0.25) is 9.59 Å². The van der Waals surface area contributed by atoms with Gasteiger partial charge in [0, 0.05) is 31.6 Å². The van der Waals surface area contributed by atoms with E-state index in [0.29, 0.717) is 17.7 Å². The number of para-hydroxylation sites is 1. The minimum absolute atomic E-state index is 0.0463. The molecule has 30 heavy (non-hydrogen) atoms. The van der Waals surface area contributed by atoms with E-state index in [4.69, 9.17) is 4.98 Å². The van der Waals surface area contributed by atoms with E-state index in [-0.39, 0.29) is 11.8 Å². The zero-order chi connectivity index (χ0) is 21.1. The molecule has 0 atom stereocenters. The maximum absolute atomic E-state index is 13.0. The van der Waals surface area contributed by atoms with Gasteiger partial charge < -0.3 is 10.2 Å². The number of benzene rings is 2. The van der Waals surface area contributed by atoms with Crippen LogP contribution >= 0.6 is 11.3 Å². The summed E-state index contributed by atoms with van der Waals surface area (Å²) >= 11 is 1.60. The fourth-order valence-electron chi connectivity index (χ4n) is 3.21. The molecule has 2 aromatic carbocycles. The van der Waals surface area contributed by atoms with Crippen molar-refractivity contribution in [1.82, 2.24) is 15.2 Å². The van der Waals surface area contributed by atoms with Gasteiger partial charge in [-0.2, -0.15) is 0 Å². The smallest absolute Gasteiger partial charge is 0.253 e. The van der Waals surface area contributed by atoms with Crippen molar-refractivity contribution in [3.05, 3.63) is 88.8 Å². The molecule has 150 valence electrons. The number of fused-ring (bicyclic) bond motifs is 1. The Balaban J connectivity index is 1.57. The van der Waals surface area contributed by atoms with Crippen LogP contribution in [0.1, 0.15) is 26.3 Å². The lowest BCUT2D eigenvalue weighted by molar-refractivity contribution is 0.0827. The second-order valence-corrected chi connectivity index (χ2v) is 8.08. The molecule has 2 heterocycles. The molecule has 0 saturated heterocycles. The van der Waals surface area contributed by atoms with Gasteiger partial charge in [0.2, 0.25) is 0 Å². The van der Waals surface area contributed by atoms with Crippen molar-refractivity contribution in [1.29, 1.82) is 0 Å². The highest BCUT2D eigenvalue weighted by Gasteiger charge is 2.14. The third kappa shape index (κ3) is 4.09. The molecule has 4 rings (SSSR count). The molecule has 0 aliphatic carbocycles. The minimum atomic E-state index is -0.153. The number of thiophene rings is 1. The number of rotatable bonds is 5. The van der Waals surface area contributed by atoms with Gasteiger partial charge in [0.1, 0.15) is 0 Å². The molecule has 0 radical (unpaired) electrons. The van der Waals surface area contributed by atoms with Gasteiger partial charge in [-0.25, -0.2) is 4.98 Å². The Kier molecular flexibility index (Phi) is 5.59. The molecule has 6 heteroatoms. The molecule has 0 fully saturated rings. The number of pyridine rings is 1. The van der Waals surface area contributed by atoms with E-state index < -0.39 is 0 Å². The summed E-state index contributed by atoms with van der Waals surface area (Å²) in [4.78, 5) is 32.3. The maximum atomic E-state index is 13.0. The number of carbonyl (C=O) groups excluding carboxylic acids is 2. The van der Waals surface area contributed by atoms with Crippen molar-refractivity contribution in [3.63, 3.8) is 0 Å². The van der Waals surface area contributed by atoms with Crippen LogP contribution in [-0.4, -0.2) is 35.8 Å². The first-order valence-electron chi connectivity index (χ1n) is 9.55. The lowest BCUT2D eigenvalue weighted by Crippen LogP contribution is -2.24. The van der Waals surface area contributed by atoms with Crippen LogP contribution in [0.25, 0.3) is 21.5 Å². The lowest BCUT2D eigenvalue weighted by atomic mass is 10.1. The Hall–Kier alpha value is -3.51. The second-order valence-electron chi connectivity index (χ2n) is 7.13. The van der Waals surface area contributed by atoms with Gasteiger partial charge >= 0.3 is 0 Å². The van der Waals surface area contributed by atoms with Crippen LogP contribution in [0.2, 0.25) is 0 Å². The summed E-state index contributed by atoms with van der Waals surface area (Å²) < 4.78 is 0. The topological polar surface area (TPSA) is 62.3 Å². The third-order valence-corrected chi connectivity index (χ3v) is 5.69. The van der Waals surface area contributed by atoms with Gasteiger partial charge in [-0.1, -0.05) is 36.4 Å². The first kappa shape index (κ1) is 19.8. The van der Waals surface area contributed by atoms with Gasteiger partial charge in [-0.05, 0) is 41.3 Å². The van der Waals surface area contributed by atoms with Crippen LogP contribution in [0.5, 0.6) is 0 Å². The molecular weight excluding hydrogens is 394 g/mol.